The zero-order valence-electron chi connectivity index (χ0n) is 13.1. The molecular weight excluding hydrogens is 331 g/mol. The number of anilines is 2. The molecule has 0 fully saturated rings. The summed E-state index contributed by atoms with van der Waals surface area (Å²) in [5, 5.41) is 0.897. The lowest BCUT2D eigenvalue weighted by atomic mass is 10.1. The van der Waals surface area contributed by atoms with Gasteiger partial charge in [-0.1, -0.05) is 47.5 Å². The Morgan fingerprint density at radius 3 is 2.22 bits per heavy atom. The molecule has 3 nitrogen and oxygen atoms in total. The minimum absolute atomic E-state index is 0.118. The van der Waals surface area contributed by atoms with E-state index in [4.69, 9.17) is 23.2 Å². The number of fused-ring (bicyclic) bond motifs is 1. The summed E-state index contributed by atoms with van der Waals surface area (Å²) in [6.07, 6.45) is 0. The van der Waals surface area contributed by atoms with E-state index < -0.39 is 0 Å². The Hall–Kier alpha value is -1.97. The molecule has 0 saturated carbocycles. The van der Waals surface area contributed by atoms with E-state index in [1.165, 1.54) is 0 Å². The summed E-state index contributed by atoms with van der Waals surface area (Å²) in [5.74, 6) is -0.118. The van der Waals surface area contributed by atoms with Gasteiger partial charge < -0.3 is 4.90 Å². The molecular formula is C18H16Cl2N2O. The summed E-state index contributed by atoms with van der Waals surface area (Å²) >= 11 is 12.7. The molecule has 0 spiro atoms. The van der Waals surface area contributed by atoms with Gasteiger partial charge in [0, 0.05) is 25.4 Å². The lowest BCUT2D eigenvalue weighted by Crippen LogP contribution is -2.23. The molecule has 2 aromatic carbocycles. The fourth-order valence-corrected chi connectivity index (χ4v) is 3.28. The van der Waals surface area contributed by atoms with E-state index in [2.05, 4.69) is 0 Å². The largest absolute Gasteiger partial charge is 0.381 e. The molecule has 0 radical (unpaired) electrons. The van der Waals surface area contributed by atoms with Crippen LogP contribution in [0.15, 0.2) is 48.2 Å². The van der Waals surface area contributed by atoms with Gasteiger partial charge in [-0.3, -0.25) is 9.69 Å². The van der Waals surface area contributed by atoms with E-state index >= 15 is 0 Å². The molecule has 0 aliphatic carbocycles. The number of benzene rings is 2. The van der Waals surface area contributed by atoms with Gasteiger partial charge in [0.25, 0.3) is 5.91 Å². The Morgan fingerprint density at radius 1 is 1.00 bits per heavy atom. The molecule has 1 heterocycles. The first-order chi connectivity index (χ1) is 10.9. The molecule has 1 aliphatic rings. The summed E-state index contributed by atoms with van der Waals surface area (Å²) in [5.41, 5.74) is 3.77. The average molecular weight is 347 g/mol. The van der Waals surface area contributed by atoms with Crippen molar-refractivity contribution in [3.63, 3.8) is 0 Å². The molecule has 0 N–H and O–H groups in total. The molecule has 0 aromatic heterocycles. The quantitative estimate of drug-likeness (QED) is 0.717. The zero-order chi connectivity index (χ0) is 16.7. The van der Waals surface area contributed by atoms with Gasteiger partial charge in [-0.25, -0.2) is 0 Å². The van der Waals surface area contributed by atoms with Gasteiger partial charge in [0.1, 0.15) is 0 Å². The van der Waals surface area contributed by atoms with Crippen LogP contribution >= 0.6 is 23.2 Å². The van der Waals surface area contributed by atoms with Crippen LogP contribution in [0.5, 0.6) is 0 Å². The van der Waals surface area contributed by atoms with Gasteiger partial charge in [-0.15, -0.1) is 0 Å². The molecule has 1 aliphatic heterocycles. The van der Waals surface area contributed by atoms with Crippen molar-refractivity contribution in [1.82, 2.24) is 4.90 Å². The van der Waals surface area contributed by atoms with Gasteiger partial charge in [-0.2, -0.15) is 0 Å². The molecule has 5 heteroatoms. The second kappa shape index (κ2) is 5.91. The van der Waals surface area contributed by atoms with E-state index in [1.54, 1.807) is 23.1 Å². The van der Waals surface area contributed by atoms with Gasteiger partial charge in [0.2, 0.25) is 0 Å². The number of nitrogens with zero attached hydrogens (tertiary/aromatic N) is 2. The third kappa shape index (κ3) is 2.50. The van der Waals surface area contributed by atoms with E-state index in [0.717, 1.165) is 16.9 Å². The van der Waals surface area contributed by atoms with Crippen molar-refractivity contribution in [2.75, 3.05) is 19.0 Å². The molecule has 1 amide bonds. The van der Waals surface area contributed by atoms with Crippen LogP contribution in [0.2, 0.25) is 10.0 Å². The highest BCUT2D eigenvalue weighted by Gasteiger charge is 2.36. The van der Waals surface area contributed by atoms with Crippen molar-refractivity contribution in [3.05, 3.63) is 63.8 Å². The highest BCUT2D eigenvalue weighted by molar-refractivity contribution is 6.44. The Morgan fingerprint density at radius 2 is 1.61 bits per heavy atom. The fourth-order valence-electron chi connectivity index (χ4n) is 2.71. The predicted molar refractivity (Wildman–Crippen MR) is 96.3 cm³/mol. The van der Waals surface area contributed by atoms with Crippen LogP contribution < -0.4 is 4.90 Å². The van der Waals surface area contributed by atoms with Crippen LogP contribution in [0.3, 0.4) is 0 Å². The highest BCUT2D eigenvalue weighted by atomic mass is 35.5. The SMILES string of the molecule is C/C(=C1/C(=O)N(c2c(Cl)cccc2Cl)c2ccccc21)N(C)C. The van der Waals surface area contributed by atoms with Crippen LogP contribution in [-0.4, -0.2) is 24.9 Å². The monoisotopic (exact) mass is 346 g/mol. The molecule has 2 aromatic rings. The van der Waals surface area contributed by atoms with Crippen LogP contribution in [-0.2, 0) is 4.79 Å². The number of halogens is 2. The molecule has 3 rings (SSSR count). The zero-order valence-corrected chi connectivity index (χ0v) is 14.6. The first-order valence-electron chi connectivity index (χ1n) is 7.19. The third-order valence-electron chi connectivity index (χ3n) is 4.03. The maximum atomic E-state index is 13.1. The second-order valence-corrected chi connectivity index (χ2v) is 6.40. The van der Waals surface area contributed by atoms with Crippen molar-refractivity contribution in [2.45, 2.75) is 6.92 Å². The number of carbonyl (C=O) groups is 1. The number of hydrogen-bond acceptors (Lipinski definition) is 2. The lowest BCUT2D eigenvalue weighted by Gasteiger charge is -2.20. The standard InChI is InChI=1S/C18H16Cl2N2O/c1-11(21(2)3)16-12-7-4-5-10-15(12)22(18(16)23)17-13(19)8-6-9-14(17)20/h4-10H,1-3H3/b16-11-. The molecule has 0 bridgehead atoms. The van der Waals surface area contributed by atoms with Crippen molar-refractivity contribution >= 4 is 46.1 Å². The van der Waals surface area contributed by atoms with Crippen LogP contribution in [0, 0.1) is 0 Å². The Labute approximate surface area is 145 Å². The third-order valence-corrected chi connectivity index (χ3v) is 4.64. The molecule has 0 atom stereocenters. The molecule has 118 valence electrons. The van der Waals surface area contributed by atoms with Crippen LogP contribution in [0.1, 0.15) is 12.5 Å². The number of rotatable bonds is 2. The number of para-hydroxylation sites is 2. The van der Waals surface area contributed by atoms with Crippen molar-refractivity contribution in [1.29, 1.82) is 0 Å². The van der Waals surface area contributed by atoms with Crippen molar-refractivity contribution in [2.24, 2.45) is 0 Å². The minimum Gasteiger partial charge on any atom is -0.381 e. The van der Waals surface area contributed by atoms with Crippen LogP contribution in [0.4, 0.5) is 11.4 Å². The highest BCUT2D eigenvalue weighted by Crippen LogP contribution is 2.47. The Bertz CT molecular complexity index is 807. The topological polar surface area (TPSA) is 23.6 Å². The smallest absolute Gasteiger partial charge is 0.265 e. The molecule has 0 saturated heterocycles. The van der Waals surface area contributed by atoms with Gasteiger partial charge in [0.05, 0.1) is 27.0 Å². The Kier molecular flexibility index (Phi) is 4.09. The summed E-state index contributed by atoms with van der Waals surface area (Å²) < 4.78 is 0. The molecule has 0 unspecified atom stereocenters. The van der Waals surface area contributed by atoms with Crippen molar-refractivity contribution < 1.29 is 4.79 Å². The second-order valence-electron chi connectivity index (χ2n) is 5.58. The Balaban J connectivity index is 2.30. The van der Waals surface area contributed by atoms with Gasteiger partial charge in [0.15, 0.2) is 0 Å². The first kappa shape index (κ1) is 15.9. The number of allylic oxidation sites excluding steroid dienone is 1. The van der Waals surface area contributed by atoms with Crippen molar-refractivity contribution in [3.8, 4) is 0 Å². The number of hydrogen-bond donors (Lipinski definition) is 0. The molecule has 23 heavy (non-hydrogen) atoms. The fraction of sp³-hybridized carbons (Fsp3) is 0.167. The van der Waals surface area contributed by atoms with Gasteiger partial charge in [-0.05, 0) is 25.1 Å². The normalized spacial score (nSPS) is 15.7. The first-order valence-corrected chi connectivity index (χ1v) is 7.95. The van der Waals surface area contributed by atoms with Crippen LogP contribution in [0.25, 0.3) is 5.57 Å². The maximum Gasteiger partial charge on any atom is 0.265 e. The minimum atomic E-state index is -0.118. The summed E-state index contributed by atoms with van der Waals surface area (Å²) in [6.45, 7) is 1.93. The van der Waals surface area contributed by atoms with E-state index in [-0.39, 0.29) is 5.91 Å². The lowest BCUT2D eigenvalue weighted by molar-refractivity contribution is -0.112. The number of amides is 1. The van der Waals surface area contributed by atoms with Gasteiger partial charge >= 0.3 is 0 Å². The average Bonchev–Trinajstić information content (AvgIpc) is 2.79. The number of carbonyl (C=O) groups excluding carboxylic acids is 1. The summed E-state index contributed by atoms with van der Waals surface area (Å²) in [7, 11) is 3.84. The van der Waals surface area contributed by atoms with E-state index in [9.17, 15) is 4.79 Å². The van der Waals surface area contributed by atoms with E-state index in [0.29, 0.717) is 21.3 Å². The predicted octanol–water partition coefficient (Wildman–Crippen LogP) is 4.96. The maximum absolute atomic E-state index is 13.1. The summed E-state index contributed by atoms with van der Waals surface area (Å²) in [6, 6.07) is 12.9. The van der Waals surface area contributed by atoms with E-state index in [1.807, 2.05) is 50.2 Å². The summed E-state index contributed by atoms with van der Waals surface area (Å²) in [4.78, 5) is 16.7.